The Kier molecular flexibility index (Phi) is 9.75. The largest absolute Gasteiger partial charge is 0.493 e. The molecular formula is C24H32Cl2N2O4. The number of nitrogens with zero attached hydrogens (tertiary/aromatic N) is 2. The van der Waals surface area contributed by atoms with Gasteiger partial charge in [0.05, 0.1) is 17.2 Å². The Morgan fingerprint density at radius 3 is 2.53 bits per heavy atom. The zero-order chi connectivity index (χ0) is 22.9. The highest BCUT2D eigenvalue weighted by Crippen LogP contribution is 2.29. The molecule has 176 valence electrons. The van der Waals surface area contributed by atoms with Gasteiger partial charge in [-0.1, -0.05) is 29.3 Å². The Labute approximate surface area is 200 Å². The molecule has 0 amide bonds. The lowest BCUT2D eigenvalue weighted by Crippen LogP contribution is -2.32. The van der Waals surface area contributed by atoms with Gasteiger partial charge >= 0.3 is 0 Å². The molecule has 0 bridgehead atoms. The number of hydrogen-bond acceptors (Lipinski definition) is 6. The minimum Gasteiger partial charge on any atom is -0.493 e. The summed E-state index contributed by atoms with van der Waals surface area (Å²) in [5, 5.41) is 11.2. The quantitative estimate of drug-likeness (QED) is 0.485. The lowest BCUT2D eigenvalue weighted by Gasteiger charge is -2.22. The van der Waals surface area contributed by atoms with Gasteiger partial charge in [-0.25, -0.2) is 0 Å². The molecular weight excluding hydrogens is 451 g/mol. The minimum absolute atomic E-state index is 0.162. The summed E-state index contributed by atoms with van der Waals surface area (Å²) < 4.78 is 17.1. The Morgan fingerprint density at radius 2 is 1.81 bits per heavy atom. The SMILES string of the molecule is COc1cc(CN(C)CC(O)COc2ccc(Cl)c(Cl)c2)ccc1OCCN1CCCC1. The third kappa shape index (κ3) is 7.71. The van der Waals surface area contributed by atoms with Gasteiger partial charge in [-0.2, -0.15) is 0 Å². The van der Waals surface area contributed by atoms with E-state index in [9.17, 15) is 5.11 Å². The minimum atomic E-state index is -0.649. The molecule has 0 aliphatic carbocycles. The smallest absolute Gasteiger partial charge is 0.161 e. The molecule has 0 spiro atoms. The molecule has 8 heteroatoms. The van der Waals surface area contributed by atoms with Gasteiger partial charge in [0.1, 0.15) is 25.1 Å². The van der Waals surface area contributed by atoms with Gasteiger partial charge in [-0.3, -0.25) is 9.80 Å². The number of aliphatic hydroxyl groups is 1. The molecule has 2 aromatic rings. The molecule has 32 heavy (non-hydrogen) atoms. The predicted molar refractivity (Wildman–Crippen MR) is 128 cm³/mol. The average molecular weight is 483 g/mol. The lowest BCUT2D eigenvalue weighted by atomic mass is 10.2. The summed E-state index contributed by atoms with van der Waals surface area (Å²) in [6.45, 7) is 5.20. The van der Waals surface area contributed by atoms with Crippen LogP contribution in [0.3, 0.4) is 0 Å². The second-order valence-corrected chi connectivity index (χ2v) is 8.93. The van der Waals surface area contributed by atoms with Crippen LogP contribution in [-0.4, -0.2) is 74.6 Å². The van der Waals surface area contributed by atoms with E-state index < -0.39 is 6.10 Å². The summed E-state index contributed by atoms with van der Waals surface area (Å²) in [4.78, 5) is 4.46. The number of hydrogen-bond donors (Lipinski definition) is 1. The first-order chi connectivity index (χ1) is 15.4. The molecule has 1 aliphatic rings. The van der Waals surface area contributed by atoms with Gasteiger partial charge in [0.25, 0.3) is 0 Å². The average Bonchev–Trinajstić information content (AvgIpc) is 3.29. The molecule has 1 N–H and O–H groups in total. The van der Waals surface area contributed by atoms with Crippen molar-refractivity contribution in [2.24, 2.45) is 0 Å². The Bertz CT molecular complexity index is 862. The number of ether oxygens (including phenoxy) is 3. The third-order valence-corrected chi connectivity index (χ3v) is 6.14. The molecule has 2 aromatic carbocycles. The molecule has 0 saturated carbocycles. The summed E-state index contributed by atoms with van der Waals surface area (Å²) in [7, 11) is 3.61. The molecule has 1 aliphatic heterocycles. The van der Waals surface area contributed by atoms with Crippen LogP contribution in [0.1, 0.15) is 18.4 Å². The fourth-order valence-corrected chi connectivity index (χ4v) is 4.06. The summed E-state index contributed by atoms with van der Waals surface area (Å²) >= 11 is 11.9. The Balaban J connectivity index is 1.44. The number of rotatable bonds is 12. The van der Waals surface area contributed by atoms with Crippen LogP contribution in [0.25, 0.3) is 0 Å². The van der Waals surface area contributed by atoms with Gasteiger partial charge in [0.2, 0.25) is 0 Å². The van der Waals surface area contributed by atoms with Crippen LogP contribution < -0.4 is 14.2 Å². The number of likely N-dealkylation sites (tertiary alicyclic amines) is 1. The van der Waals surface area contributed by atoms with E-state index >= 15 is 0 Å². The maximum absolute atomic E-state index is 10.3. The summed E-state index contributed by atoms with van der Waals surface area (Å²) in [6.07, 6.45) is 1.91. The van der Waals surface area contributed by atoms with Gasteiger partial charge < -0.3 is 19.3 Å². The first-order valence-electron chi connectivity index (χ1n) is 10.9. The van der Waals surface area contributed by atoms with Crippen LogP contribution in [0, 0.1) is 0 Å². The van der Waals surface area contributed by atoms with E-state index in [4.69, 9.17) is 37.4 Å². The summed E-state index contributed by atoms with van der Waals surface area (Å²) in [5.41, 5.74) is 1.08. The van der Waals surface area contributed by atoms with E-state index in [1.807, 2.05) is 30.1 Å². The first-order valence-corrected chi connectivity index (χ1v) is 11.7. The third-order valence-electron chi connectivity index (χ3n) is 5.40. The molecule has 1 heterocycles. The second kappa shape index (κ2) is 12.5. The van der Waals surface area contributed by atoms with Crippen LogP contribution in [0.2, 0.25) is 10.0 Å². The van der Waals surface area contributed by atoms with Crippen molar-refractivity contribution in [3.63, 3.8) is 0 Å². The molecule has 1 atom stereocenters. The van der Waals surface area contributed by atoms with E-state index in [0.29, 0.717) is 35.5 Å². The van der Waals surface area contributed by atoms with Crippen LogP contribution in [0.15, 0.2) is 36.4 Å². The maximum atomic E-state index is 10.3. The number of likely N-dealkylation sites (N-methyl/N-ethyl adjacent to an activating group) is 1. The van der Waals surface area contributed by atoms with Crippen molar-refractivity contribution in [1.29, 1.82) is 0 Å². The summed E-state index contributed by atoms with van der Waals surface area (Å²) in [6, 6.07) is 11.0. The van der Waals surface area contributed by atoms with Crippen molar-refractivity contribution in [1.82, 2.24) is 9.80 Å². The molecule has 1 saturated heterocycles. The first kappa shape index (κ1) is 24.9. The predicted octanol–water partition coefficient (Wildman–Crippen LogP) is 4.35. The Morgan fingerprint density at radius 1 is 1.03 bits per heavy atom. The second-order valence-electron chi connectivity index (χ2n) is 8.12. The van der Waals surface area contributed by atoms with E-state index in [1.54, 1.807) is 25.3 Å². The van der Waals surface area contributed by atoms with Crippen LogP contribution in [-0.2, 0) is 6.54 Å². The molecule has 1 unspecified atom stereocenters. The van der Waals surface area contributed by atoms with E-state index in [2.05, 4.69) is 4.90 Å². The molecule has 3 rings (SSSR count). The van der Waals surface area contributed by atoms with Crippen LogP contribution in [0.5, 0.6) is 17.2 Å². The van der Waals surface area contributed by atoms with Crippen molar-refractivity contribution in [3.8, 4) is 17.2 Å². The van der Waals surface area contributed by atoms with Gasteiger partial charge in [-0.05, 0) is 62.8 Å². The highest BCUT2D eigenvalue weighted by Gasteiger charge is 2.14. The van der Waals surface area contributed by atoms with Gasteiger partial charge in [0, 0.05) is 25.7 Å². The van der Waals surface area contributed by atoms with Gasteiger partial charge in [0.15, 0.2) is 11.5 Å². The highest BCUT2D eigenvalue weighted by atomic mass is 35.5. The highest BCUT2D eigenvalue weighted by molar-refractivity contribution is 6.42. The zero-order valence-corrected chi connectivity index (χ0v) is 20.2. The normalized spacial score (nSPS) is 15.2. The molecule has 1 fully saturated rings. The number of halogens is 2. The van der Waals surface area contributed by atoms with Crippen molar-refractivity contribution < 1.29 is 19.3 Å². The van der Waals surface area contributed by atoms with Crippen LogP contribution >= 0.6 is 23.2 Å². The fraction of sp³-hybridized carbons (Fsp3) is 0.500. The lowest BCUT2D eigenvalue weighted by molar-refractivity contribution is 0.0744. The van der Waals surface area contributed by atoms with E-state index in [0.717, 1.165) is 36.7 Å². The Hall–Kier alpha value is -1.70. The zero-order valence-electron chi connectivity index (χ0n) is 18.7. The van der Waals surface area contributed by atoms with Crippen molar-refractivity contribution >= 4 is 23.2 Å². The fourth-order valence-electron chi connectivity index (χ4n) is 3.77. The molecule has 6 nitrogen and oxygen atoms in total. The number of methoxy groups -OCH3 is 1. The molecule has 0 radical (unpaired) electrons. The summed E-state index contributed by atoms with van der Waals surface area (Å²) in [5.74, 6) is 2.06. The molecule has 0 aromatic heterocycles. The van der Waals surface area contributed by atoms with Crippen molar-refractivity contribution in [3.05, 3.63) is 52.0 Å². The van der Waals surface area contributed by atoms with Crippen molar-refractivity contribution in [2.75, 3.05) is 53.6 Å². The topological polar surface area (TPSA) is 54.4 Å². The standard InChI is InChI=1S/C24H32Cl2N2O4/c1-27(16-19(29)17-32-20-6-7-21(25)22(26)14-20)15-18-5-8-23(24(13-18)30-2)31-12-11-28-9-3-4-10-28/h5-8,13-14,19,29H,3-4,9-12,15-17H2,1-2H3. The monoisotopic (exact) mass is 482 g/mol. The van der Waals surface area contributed by atoms with E-state index in [1.165, 1.54) is 12.8 Å². The number of benzene rings is 2. The van der Waals surface area contributed by atoms with Gasteiger partial charge in [-0.15, -0.1) is 0 Å². The maximum Gasteiger partial charge on any atom is 0.161 e. The number of aliphatic hydroxyl groups excluding tert-OH is 1. The van der Waals surface area contributed by atoms with Crippen LogP contribution in [0.4, 0.5) is 0 Å². The van der Waals surface area contributed by atoms with E-state index in [-0.39, 0.29) is 6.61 Å². The van der Waals surface area contributed by atoms with Crippen molar-refractivity contribution in [2.45, 2.75) is 25.5 Å².